The van der Waals surface area contributed by atoms with E-state index in [1.807, 2.05) is 0 Å². The highest BCUT2D eigenvalue weighted by Crippen LogP contribution is 2.10. The molecule has 9 heteroatoms. The Labute approximate surface area is 160 Å². The third-order valence-electron chi connectivity index (χ3n) is 3.93. The predicted molar refractivity (Wildman–Crippen MR) is 101 cm³/mol. The summed E-state index contributed by atoms with van der Waals surface area (Å²) in [6, 6.07) is 7.48. The standard InChI is InChI=1S/C19H21N3O6/c1-11-7-8-22(16(25)9-11)10-15(24)20-14-5-3-13(4-6-14)18(26)21-17(12(2)23)19(27)28/h3-9,12,17,23H,10H2,1-2H3,(H,20,24)(H,21,26)(H,27,28). The van der Waals surface area contributed by atoms with E-state index in [0.717, 1.165) is 5.56 Å². The summed E-state index contributed by atoms with van der Waals surface area (Å²) in [6.07, 6.45) is 0.274. The van der Waals surface area contributed by atoms with Crippen LogP contribution >= 0.6 is 0 Å². The fourth-order valence-electron chi connectivity index (χ4n) is 2.41. The number of carboxylic acid groups (broad SMARTS) is 1. The van der Waals surface area contributed by atoms with Crippen LogP contribution < -0.4 is 16.2 Å². The number of anilines is 1. The zero-order valence-electron chi connectivity index (χ0n) is 15.4. The maximum atomic E-state index is 12.1. The molecule has 0 aliphatic rings. The molecule has 2 amide bonds. The molecule has 0 fully saturated rings. The Hall–Kier alpha value is -3.46. The van der Waals surface area contributed by atoms with Crippen molar-refractivity contribution >= 4 is 23.5 Å². The van der Waals surface area contributed by atoms with Gasteiger partial charge in [-0.3, -0.25) is 14.4 Å². The lowest BCUT2D eigenvalue weighted by molar-refractivity contribution is -0.141. The van der Waals surface area contributed by atoms with Gasteiger partial charge in [-0.1, -0.05) is 0 Å². The van der Waals surface area contributed by atoms with Gasteiger partial charge in [0.2, 0.25) is 5.91 Å². The van der Waals surface area contributed by atoms with Crippen molar-refractivity contribution in [1.29, 1.82) is 0 Å². The molecule has 1 aromatic carbocycles. The van der Waals surface area contributed by atoms with Crippen LogP contribution in [0.4, 0.5) is 5.69 Å². The number of carboxylic acids is 1. The average Bonchev–Trinajstić information content (AvgIpc) is 2.62. The monoisotopic (exact) mass is 387 g/mol. The van der Waals surface area contributed by atoms with Crippen LogP contribution in [-0.4, -0.2) is 44.7 Å². The van der Waals surface area contributed by atoms with Gasteiger partial charge in [0.15, 0.2) is 6.04 Å². The van der Waals surface area contributed by atoms with E-state index in [1.165, 1.54) is 48.0 Å². The second kappa shape index (κ2) is 8.96. The van der Waals surface area contributed by atoms with Gasteiger partial charge in [-0.2, -0.15) is 0 Å². The van der Waals surface area contributed by atoms with E-state index in [2.05, 4.69) is 10.6 Å². The number of pyridine rings is 1. The quantitative estimate of drug-likeness (QED) is 0.541. The van der Waals surface area contributed by atoms with Crippen LogP contribution in [0.15, 0.2) is 47.4 Å². The van der Waals surface area contributed by atoms with E-state index in [9.17, 15) is 24.3 Å². The number of nitrogens with zero attached hydrogens (tertiary/aromatic N) is 1. The number of aliphatic carboxylic acids is 1. The van der Waals surface area contributed by atoms with Crippen LogP contribution in [-0.2, 0) is 16.1 Å². The third kappa shape index (κ3) is 5.52. The Morgan fingerprint density at radius 3 is 2.32 bits per heavy atom. The van der Waals surface area contributed by atoms with E-state index in [1.54, 1.807) is 13.0 Å². The molecular weight excluding hydrogens is 366 g/mol. The number of amides is 2. The van der Waals surface area contributed by atoms with Crippen LogP contribution in [0, 0.1) is 6.92 Å². The van der Waals surface area contributed by atoms with Crippen molar-refractivity contribution in [3.63, 3.8) is 0 Å². The van der Waals surface area contributed by atoms with Crippen molar-refractivity contribution < 1.29 is 24.6 Å². The van der Waals surface area contributed by atoms with Crippen LogP contribution in [0.2, 0.25) is 0 Å². The molecule has 0 aliphatic carbocycles. The molecule has 0 saturated heterocycles. The number of benzene rings is 1. The number of aromatic nitrogens is 1. The molecule has 1 heterocycles. The minimum absolute atomic E-state index is 0.157. The third-order valence-corrected chi connectivity index (χ3v) is 3.93. The fourth-order valence-corrected chi connectivity index (χ4v) is 2.41. The Bertz CT molecular complexity index is 933. The van der Waals surface area contributed by atoms with Gasteiger partial charge in [-0.25, -0.2) is 4.79 Å². The second-order valence-electron chi connectivity index (χ2n) is 6.33. The second-order valence-corrected chi connectivity index (χ2v) is 6.33. The molecule has 0 radical (unpaired) electrons. The predicted octanol–water partition coefficient (Wildman–Crippen LogP) is 0.359. The Kier molecular flexibility index (Phi) is 6.67. The molecule has 1 aromatic heterocycles. The van der Waals surface area contributed by atoms with E-state index in [-0.39, 0.29) is 17.7 Å². The fraction of sp³-hybridized carbons (Fsp3) is 0.263. The highest BCUT2D eigenvalue weighted by atomic mass is 16.4. The van der Waals surface area contributed by atoms with Gasteiger partial charge in [0.25, 0.3) is 11.5 Å². The van der Waals surface area contributed by atoms with Crippen molar-refractivity contribution in [2.45, 2.75) is 32.5 Å². The van der Waals surface area contributed by atoms with Crippen molar-refractivity contribution in [2.75, 3.05) is 5.32 Å². The van der Waals surface area contributed by atoms with Gasteiger partial charge < -0.3 is 25.4 Å². The summed E-state index contributed by atoms with van der Waals surface area (Å²) in [5, 5.41) is 23.2. The highest BCUT2D eigenvalue weighted by molar-refractivity contribution is 5.97. The van der Waals surface area contributed by atoms with E-state index in [4.69, 9.17) is 5.11 Å². The molecule has 4 N–H and O–H groups in total. The summed E-state index contributed by atoms with van der Waals surface area (Å²) in [4.78, 5) is 47.0. The SMILES string of the molecule is Cc1ccn(CC(=O)Nc2ccc(C(=O)NC(C(=O)O)C(C)O)cc2)c(=O)c1. The summed E-state index contributed by atoms with van der Waals surface area (Å²) in [6.45, 7) is 2.89. The number of hydrogen-bond donors (Lipinski definition) is 4. The first-order valence-electron chi connectivity index (χ1n) is 8.46. The molecule has 2 unspecified atom stereocenters. The van der Waals surface area contributed by atoms with E-state index >= 15 is 0 Å². The number of aliphatic hydroxyl groups excluding tert-OH is 1. The van der Waals surface area contributed by atoms with Crippen LogP contribution in [0.1, 0.15) is 22.8 Å². The summed E-state index contributed by atoms with van der Waals surface area (Å²) in [7, 11) is 0. The van der Waals surface area contributed by atoms with Gasteiger partial charge in [0.1, 0.15) is 6.54 Å². The first-order chi connectivity index (χ1) is 13.2. The minimum Gasteiger partial charge on any atom is -0.480 e. The molecule has 0 spiro atoms. The molecule has 2 atom stereocenters. The maximum Gasteiger partial charge on any atom is 0.328 e. The van der Waals surface area contributed by atoms with Crippen molar-refractivity contribution in [3.8, 4) is 0 Å². The van der Waals surface area contributed by atoms with Gasteiger partial charge in [0.05, 0.1) is 6.10 Å². The molecule has 0 bridgehead atoms. The minimum atomic E-state index is -1.43. The van der Waals surface area contributed by atoms with Crippen LogP contribution in [0.3, 0.4) is 0 Å². The lowest BCUT2D eigenvalue weighted by Crippen LogP contribution is -2.47. The first kappa shape index (κ1) is 20.8. The normalized spacial score (nSPS) is 12.7. The highest BCUT2D eigenvalue weighted by Gasteiger charge is 2.25. The Balaban J connectivity index is 2.00. The smallest absolute Gasteiger partial charge is 0.328 e. The molecule has 0 saturated carbocycles. The van der Waals surface area contributed by atoms with Crippen LogP contribution in [0.5, 0.6) is 0 Å². The molecule has 2 rings (SSSR count). The zero-order chi connectivity index (χ0) is 20.8. The number of carbonyl (C=O) groups excluding carboxylic acids is 2. The summed E-state index contributed by atoms with van der Waals surface area (Å²) < 4.78 is 1.27. The number of hydrogen-bond acceptors (Lipinski definition) is 5. The average molecular weight is 387 g/mol. The molecule has 148 valence electrons. The topological polar surface area (TPSA) is 138 Å². The lowest BCUT2D eigenvalue weighted by Gasteiger charge is -2.17. The summed E-state index contributed by atoms with van der Waals surface area (Å²) in [5.74, 6) is -2.43. The number of rotatable bonds is 7. The lowest BCUT2D eigenvalue weighted by atomic mass is 10.1. The van der Waals surface area contributed by atoms with Gasteiger partial charge in [-0.15, -0.1) is 0 Å². The van der Waals surface area contributed by atoms with Crippen LogP contribution in [0.25, 0.3) is 0 Å². The van der Waals surface area contributed by atoms with Crippen molar-refractivity contribution in [2.24, 2.45) is 0 Å². The number of aryl methyl sites for hydroxylation is 1. The number of carbonyl (C=O) groups is 3. The van der Waals surface area contributed by atoms with Gasteiger partial charge in [-0.05, 0) is 49.7 Å². The van der Waals surface area contributed by atoms with E-state index in [0.29, 0.717) is 5.69 Å². The van der Waals surface area contributed by atoms with Crippen molar-refractivity contribution in [1.82, 2.24) is 9.88 Å². The molecule has 9 nitrogen and oxygen atoms in total. The molecule has 0 aliphatic heterocycles. The maximum absolute atomic E-state index is 12.1. The van der Waals surface area contributed by atoms with E-state index < -0.39 is 29.9 Å². The Morgan fingerprint density at radius 1 is 1.14 bits per heavy atom. The summed E-state index contributed by atoms with van der Waals surface area (Å²) >= 11 is 0. The zero-order valence-corrected chi connectivity index (χ0v) is 15.4. The summed E-state index contributed by atoms with van der Waals surface area (Å²) in [5.41, 5.74) is 1.09. The van der Waals surface area contributed by atoms with Crippen molar-refractivity contribution in [3.05, 3.63) is 64.1 Å². The molecule has 28 heavy (non-hydrogen) atoms. The molecular formula is C19H21N3O6. The largest absolute Gasteiger partial charge is 0.480 e. The van der Waals surface area contributed by atoms with Gasteiger partial charge in [0, 0.05) is 23.5 Å². The molecule has 2 aromatic rings. The Morgan fingerprint density at radius 2 is 1.79 bits per heavy atom. The first-order valence-corrected chi connectivity index (χ1v) is 8.46. The number of nitrogens with one attached hydrogen (secondary N) is 2. The number of aliphatic hydroxyl groups is 1. The van der Waals surface area contributed by atoms with Gasteiger partial charge >= 0.3 is 5.97 Å².